The summed E-state index contributed by atoms with van der Waals surface area (Å²) in [5.74, 6) is 3.93. The highest BCUT2D eigenvalue weighted by Crippen LogP contribution is 2.42. The van der Waals surface area contributed by atoms with Crippen molar-refractivity contribution < 1.29 is 100 Å². The molecule has 2 aliphatic heterocycles. The van der Waals surface area contributed by atoms with Gasteiger partial charge in [-0.2, -0.15) is 0 Å². The summed E-state index contributed by atoms with van der Waals surface area (Å²) in [7, 11) is 8.26. The number of β-lactam (4-membered cyclic amide) rings is 1. The Labute approximate surface area is 636 Å². The molecule has 0 saturated carbocycles. The fourth-order valence-electron chi connectivity index (χ4n) is 8.22. The van der Waals surface area contributed by atoms with Crippen molar-refractivity contribution in [2.75, 3.05) is 118 Å². The molecule has 3 heterocycles. The molecule has 2 aromatic rings. The highest BCUT2D eigenvalue weighted by molar-refractivity contribution is 8.76. The summed E-state index contributed by atoms with van der Waals surface area (Å²) in [6.07, 6.45) is 1.46. The van der Waals surface area contributed by atoms with Gasteiger partial charge in [0.15, 0.2) is 23.1 Å². The van der Waals surface area contributed by atoms with E-state index in [-0.39, 0.29) is 102 Å². The minimum Gasteiger partial charge on any atom is -0.463 e. The quantitative estimate of drug-likeness (QED) is 0.0167. The fourth-order valence-corrected chi connectivity index (χ4v) is 12.3. The molecule has 1 aliphatic carbocycles. The molecule has 3 aliphatic rings. The normalized spacial score (nSPS) is 14.4. The number of methoxy groups -OCH3 is 3. The number of ether oxygens (including phenoxy) is 11. The van der Waals surface area contributed by atoms with Crippen molar-refractivity contribution in [1.29, 1.82) is 0 Å². The molecule has 1 aromatic heterocycles. The third kappa shape index (κ3) is 46.8. The maximum absolute atomic E-state index is 12.6. The second-order valence-electron chi connectivity index (χ2n) is 26.9. The van der Waals surface area contributed by atoms with Gasteiger partial charge in [-0.15, -0.1) is 23.1 Å². The molecule has 27 heteroatoms. The number of allylic oxidation sites excluding steroid dienone is 4. The molecule has 5 rings (SSSR count). The number of carbonyl (C=O) groups excluding carboxylic acids is 10. The van der Waals surface area contributed by atoms with E-state index in [9.17, 15) is 47.9 Å². The second kappa shape index (κ2) is 59.0. The van der Waals surface area contributed by atoms with Gasteiger partial charge in [0.05, 0.1) is 64.3 Å². The second-order valence-corrected chi connectivity index (χ2v) is 31.7. The first-order valence-electron chi connectivity index (χ1n) is 35.4. The molecule has 104 heavy (non-hydrogen) atoms. The minimum atomic E-state index is -0.830. The van der Waals surface area contributed by atoms with E-state index in [1.807, 2.05) is 83.7 Å². The summed E-state index contributed by atoms with van der Waals surface area (Å²) in [5.41, 5.74) is 5.78. The van der Waals surface area contributed by atoms with Gasteiger partial charge in [0.1, 0.15) is 44.5 Å². The van der Waals surface area contributed by atoms with Crippen LogP contribution in [0.5, 0.6) is 0 Å². The molecule has 2 amide bonds. The number of hydrogen-bond acceptors (Lipinski definition) is 25. The van der Waals surface area contributed by atoms with Gasteiger partial charge in [-0.25, -0.2) is 14.4 Å². The zero-order chi connectivity index (χ0) is 79.4. The van der Waals surface area contributed by atoms with E-state index < -0.39 is 24.5 Å². The topological polar surface area (TPSA) is 287 Å². The molecule has 0 bridgehead atoms. The Hall–Kier alpha value is -6.07. The largest absolute Gasteiger partial charge is 0.508 e. The molecule has 0 spiro atoms. The zero-order valence-electron chi connectivity index (χ0n) is 66.3. The number of carbonyl (C=O) groups is 10. The highest BCUT2D eigenvalue weighted by atomic mass is 33.1. The van der Waals surface area contributed by atoms with Gasteiger partial charge >= 0.3 is 24.4 Å². The van der Waals surface area contributed by atoms with E-state index in [0.29, 0.717) is 93.0 Å². The van der Waals surface area contributed by atoms with E-state index in [1.54, 1.807) is 83.4 Å². The Morgan fingerprint density at radius 1 is 0.567 bits per heavy atom. The third-order valence-electron chi connectivity index (χ3n) is 13.9. The number of thioether (sulfide) groups is 1. The summed E-state index contributed by atoms with van der Waals surface area (Å²) in [4.78, 5) is 118. The molecule has 1 saturated heterocycles. The van der Waals surface area contributed by atoms with Gasteiger partial charge in [0.25, 0.3) is 5.91 Å². The number of nitrogens with one attached hydrogen (secondary N) is 1. The average Bonchev–Trinajstić information content (AvgIpc) is 0.791. The Bertz CT molecular complexity index is 2940. The van der Waals surface area contributed by atoms with Crippen LogP contribution in [0.2, 0.25) is 0 Å². The van der Waals surface area contributed by atoms with E-state index in [2.05, 4.69) is 80.6 Å². The van der Waals surface area contributed by atoms with Crippen LogP contribution in [0.3, 0.4) is 0 Å². The van der Waals surface area contributed by atoms with Crippen LogP contribution in [0.4, 0.5) is 14.4 Å². The molecule has 1 aromatic carbocycles. The van der Waals surface area contributed by atoms with Gasteiger partial charge in [0, 0.05) is 78.6 Å². The van der Waals surface area contributed by atoms with Crippen LogP contribution in [0.25, 0.3) is 0 Å². The fraction of sp³-hybridized carbons (Fsp3) is 0.662. The number of aryl methyl sites for hydroxylation is 1. The minimum absolute atomic E-state index is 0.0446. The van der Waals surface area contributed by atoms with Crippen molar-refractivity contribution in [2.45, 2.75) is 176 Å². The van der Waals surface area contributed by atoms with Crippen molar-refractivity contribution in [3.8, 4) is 0 Å². The Kier molecular flexibility index (Phi) is 56.7. The molecule has 0 unspecified atom stereocenters. The highest BCUT2D eigenvalue weighted by Gasteiger charge is 2.53. The number of Topliss-reactive ketones (excluding diaryl/α,β-unsaturated/α-hetero) is 4. The Morgan fingerprint density at radius 3 is 1.54 bits per heavy atom. The van der Waals surface area contributed by atoms with Crippen LogP contribution in [0.1, 0.15) is 160 Å². The first-order chi connectivity index (χ1) is 49.0. The van der Waals surface area contributed by atoms with Gasteiger partial charge < -0.3 is 57.4 Å². The zero-order valence-corrected chi connectivity index (χ0v) is 69.6. The molecule has 1 fully saturated rings. The van der Waals surface area contributed by atoms with Crippen LogP contribution in [0.15, 0.2) is 75.3 Å². The molecule has 2 atom stereocenters. The molecular formula is C77H124N2O21S4. The number of nitrogens with zero attached hydrogens (tertiary/aromatic N) is 1. The molecule has 1 N–H and O–H groups in total. The number of hydrogen-bond donors (Lipinski definition) is 1. The number of fused-ring (bicyclic) bond motifs is 1. The number of thiophene rings is 1. The van der Waals surface area contributed by atoms with Crippen LogP contribution >= 0.6 is 44.7 Å². The monoisotopic (exact) mass is 1540 g/mol. The predicted octanol–water partition coefficient (Wildman–Crippen LogP) is 15.1. The Morgan fingerprint density at radius 2 is 1.07 bits per heavy atom. The van der Waals surface area contributed by atoms with Crippen LogP contribution in [0, 0.1) is 48.3 Å². The molecular weight excluding hydrogens is 1420 g/mol. The average molecular weight is 1540 g/mol. The summed E-state index contributed by atoms with van der Waals surface area (Å²) in [5, 5.41) is 4.60. The lowest BCUT2D eigenvalue weighted by Gasteiger charge is -2.50. The molecule has 592 valence electrons. The first-order valence-corrected chi connectivity index (χ1v) is 39.8. The van der Waals surface area contributed by atoms with E-state index in [1.165, 1.54) is 42.2 Å². The van der Waals surface area contributed by atoms with Crippen LogP contribution in [-0.2, 0) is 98.5 Å². The first kappa shape index (κ1) is 100.0. The smallest absolute Gasteiger partial charge is 0.463 e. The van der Waals surface area contributed by atoms with Gasteiger partial charge in [-0.3, -0.25) is 38.5 Å². The van der Waals surface area contributed by atoms with Crippen molar-refractivity contribution in [3.63, 3.8) is 0 Å². The summed E-state index contributed by atoms with van der Waals surface area (Å²) >= 11 is 3.15. The SMILES string of the molecule is CC(=O)C1=C(CC(C)C)CS[C@@H]2[C@H](NC(=O)Cc3cccs3)C(=O)N12.CC1=C(C)C(=O)C(COC(=O)OCC(C)C)=C(C)C1=O.CCCSSCCOC(=O)OCC(C)C.COCCOC(=O)C(C)C.COCCOC(=O)OCC(C)C.COCCOCC(=O)C(C)C.Cc1ccc(CC(C)C)cc1. The Balaban J connectivity index is 0. The van der Waals surface area contributed by atoms with Gasteiger partial charge in [-0.1, -0.05) is 161 Å². The van der Waals surface area contributed by atoms with Crippen molar-refractivity contribution >= 4 is 104 Å². The molecule has 23 nitrogen and oxygen atoms in total. The third-order valence-corrected chi connectivity index (χ3v) is 18.7. The van der Waals surface area contributed by atoms with E-state index in [4.69, 9.17) is 42.6 Å². The lowest BCUT2D eigenvalue weighted by Crippen LogP contribution is -2.70. The van der Waals surface area contributed by atoms with Crippen molar-refractivity contribution in [1.82, 2.24) is 10.2 Å². The summed E-state index contributed by atoms with van der Waals surface area (Å²) < 4.78 is 52.8. The maximum atomic E-state index is 12.6. The van der Waals surface area contributed by atoms with E-state index in [0.717, 1.165) is 40.0 Å². The van der Waals surface area contributed by atoms with Crippen LogP contribution < -0.4 is 5.32 Å². The van der Waals surface area contributed by atoms with Gasteiger partial charge in [0.2, 0.25) is 5.91 Å². The maximum Gasteiger partial charge on any atom is 0.508 e. The summed E-state index contributed by atoms with van der Waals surface area (Å²) in [6, 6.07) is 12.1. The molecule has 0 radical (unpaired) electrons. The lowest BCUT2D eigenvalue weighted by molar-refractivity contribution is -0.148. The standard InChI is InChI=1S/C18H22N2O3S2.C15H20O5.C11H16.C10H20O3S2.C8H16O4.C8H16O3.C7H14O3/c1-10(2)7-12-9-25-18-15(17(23)20(18)16(12)11(3)21)19-14(22)8-13-5-4-6-24-13;1-8(2)6-19-15(18)20-7-12-11(5)13(16)9(3)10(4)14(12)17;1-9(2)8-11-6-4-10(3)5-7-11;1-4-6-14-15-7-5-12-10(11)13-8-9(2)3;1-7(2)6-12-8(9)11-5-4-10-3;1-7(2)8(9)6-11-5-4-10-3;1-6(2)7(8)10-5-4-9-3/h4-6,10,15,18H,7-9H2,1-3H3,(H,19,22);8H,6-7H2,1-5H3;4-7,9H,8H2,1-3H3;9H,4-8H2,1-3H3;7H,4-6H2,1-3H3;7H,4-6H2,1-3H3;6H,4-5H2,1-3H3/t15-,18-;;;;;;/m1....../s1. The number of ketones is 4. The van der Waals surface area contributed by atoms with E-state index >= 15 is 0 Å². The van der Waals surface area contributed by atoms with Gasteiger partial charge in [-0.05, 0) is 99.1 Å². The van der Waals surface area contributed by atoms with Crippen molar-refractivity contribution in [2.24, 2.45) is 41.4 Å². The lowest BCUT2D eigenvalue weighted by atomic mass is 9.86. The van der Waals surface area contributed by atoms with Crippen LogP contribution in [-0.4, -0.2) is 194 Å². The number of amides is 2. The number of esters is 1. The van der Waals surface area contributed by atoms with Crippen molar-refractivity contribution in [3.05, 3.63) is 91.3 Å². The number of benzene rings is 1. The number of rotatable bonds is 35. The summed E-state index contributed by atoms with van der Waals surface area (Å²) in [6.45, 7) is 42.3. The predicted molar refractivity (Wildman–Crippen MR) is 415 cm³/mol.